The number of rotatable bonds is 5. The van der Waals surface area contributed by atoms with Gasteiger partial charge in [-0.15, -0.1) is 0 Å². The predicted molar refractivity (Wildman–Crippen MR) is 75.8 cm³/mol. The lowest BCUT2D eigenvalue weighted by molar-refractivity contribution is -0.0610. The molecule has 19 heavy (non-hydrogen) atoms. The van der Waals surface area contributed by atoms with Crippen LogP contribution in [0.5, 0.6) is 0 Å². The highest BCUT2D eigenvalue weighted by atomic mass is 19.1. The van der Waals surface area contributed by atoms with Crippen molar-refractivity contribution in [3.05, 3.63) is 35.1 Å². The molecular weight excluding hydrogens is 241 g/mol. The minimum absolute atomic E-state index is 0.131. The molecule has 1 fully saturated rings. The van der Waals surface area contributed by atoms with Gasteiger partial charge in [0.05, 0.1) is 11.6 Å². The molecule has 0 heterocycles. The second kappa shape index (κ2) is 6.02. The van der Waals surface area contributed by atoms with E-state index in [-0.39, 0.29) is 17.5 Å². The first-order valence-electron chi connectivity index (χ1n) is 7.20. The van der Waals surface area contributed by atoms with Crippen LogP contribution >= 0.6 is 0 Å². The summed E-state index contributed by atoms with van der Waals surface area (Å²) in [6, 6.07) is 5.51. The number of nitrogens with one attached hydrogen (secondary N) is 1. The van der Waals surface area contributed by atoms with Crippen LogP contribution in [-0.2, 0) is 4.74 Å². The second-order valence-electron chi connectivity index (χ2n) is 5.44. The van der Waals surface area contributed by atoms with Gasteiger partial charge in [-0.3, -0.25) is 0 Å². The molecule has 1 N–H and O–H groups in total. The fourth-order valence-electron chi connectivity index (χ4n) is 3.36. The summed E-state index contributed by atoms with van der Waals surface area (Å²) < 4.78 is 19.5. The Morgan fingerprint density at radius 1 is 1.37 bits per heavy atom. The van der Waals surface area contributed by atoms with Crippen molar-refractivity contribution in [2.75, 3.05) is 13.7 Å². The maximum absolute atomic E-state index is 13.4. The van der Waals surface area contributed by atoms with Crippen LogP contribution in [0.15, 0.2) is 18.2 Å². The van der Waals surface area contributed by atoms with Crippen molar-refractivity contribution in [1.82, 2.24) is 5.32 Å². The molecule has 1 unspecified atom stereocenters. The van der Waals surface area contributed by atoms with Crippen LogP contribution in [0, 0.1) is 12.7 Å². The van der Waals surface area contributed by atoms with Crippen LogP contribution in [0.1, 0.15) is 49.8 Å². The fraction of sp³-hybridized carbons (Fsp3) is 0.625. The van der Waals surface area contributed by atoms with E-state index in [1.807, 2.05) is 33.0 Å². The Hall–Kier alpha value is -0.930. The molecule has 1 aliphatic rings. The number of hydrogen-bond donors (Lipinski definition) is 1. The van der Waals surface area contributed by atoms with Crippen LogP contribution < -0.4 is 5.32 Å². The number of aryl methyl sites for hydroxylation is 1. The van der Waals surface area contributed by atoms with Crippen molar-refractivity contribution in [2.24, 2.45) is 0 Å². The minimum Gasteiger partial charge on any atom is -0.373 e. The summed E-state index contributed by atoms with van der Waals surface area (Å²) in [5, 5.41) is 3.39. The first-order chi connectivity index (χ1) is 9.13. The molecule has 0 radical (unpaired) electrons. The molecule has 2 nitrogen and oxygen atoms in total. The van der Waals surface area contributed by atoms with Gasteiger partial charge in [-0.05, 0) is 50.9 Å². The van der Waals surface area contributed by atoms with Crippen LogP contribution in [0.4, 0.5) is 4.39 Å². The Kier molecular flexibility index (Phi) is 4.58. The van der Waals surface area contributed by atoms with Crippen molar-refractivity contribution in [2.45, 2.75) is 51.2 Å². The average molecular weight is 265 g/mol. The molecule has 106 valence electrons. The van der Waals surface area contributed by atoms with Gasteiger partial charge < -0.3 is 10.1 Å². The standard InChI is InChI=1S/C16H24FNO/c1-4-19-16(9-5-6-10-16)15(18-3)13-7-8-14(17)12(2)11-13/h7-8,11,15,18H,4-6,9-10H2,1-3H3. The topological polar surface area (TPSA) is 21.3 Å². The third-order valence-electron chi connectivity index (χ3n) is 4.21. The summed E-state index contributed by atoms with van der Waals surface area (Å²) in [6.07, 6.45) is 4.56. The number of ether oxygens (including phenoxy) is 1. The van der Waals surface area contributed by atoms with Gasteiger partial charge in [0.25, 0.3) is 0 Å². The summed E-state index contributed by atoms with van der Waals surface area (Å²) in [7, 11) is 1.96. The second-order valence-corrected chi connectivity index (χ2v) is 5.44. The van der Waals surface area contributed by atoms with Crippen LogP contribution in [-0.4, -0.2) is 19.3 Å². The van der Waals surface area contributed by atoms with E-state index in [9.17, 15) is 4.39 Å². The number of halogens is 1. The van der Waals surface area contributed by atoms with Crippen molar-refractivity contribution in [1.29, 1.82) is 0 Å². The smallest absolute Gasteiger partial charge is 0.126 e. The maximum atomic E-state index is 13.4. The first-order valence-corrected chi connectivity index (χ1v) is 7.20. The summed E-state index contributed by atoms with van der Waals surface area (Å²) in [5.41, 5.74) is 1.69. The van der Waals surface area contributed by atoms with Gasteiger partial charge >= 0.3 is 0 Å². The molecular formula is C16H24FNO. The Morgan fingerprint density at radius 3 is 2.58 bits per heavy atom. The molecule has 0 aromatic heterocycles. The molecule has 0 bridgehead atoms. The Morgan fingerprint density at radius 2 is 2.05 bits per heavy atom. The Bertz CT molecular complexity index is 427. The lowest BCUT2D eigenvalue weighted by atomic mass is 9.86. The molecule has 1 saturated carbocycles. The lowest BCUT2D eigenvalue weighted by Gasteiger charge is -2.37. The van der Waals surface area contributed by atoms with Gasteiger partial charge in [-0.2, -0.15) is 0 Å². The quantitative estimate of drug-likeness (QED) is 0.875. The molecule has 2 rings (SSSR count). The van der Waals surface area contributed by atoms with Gasteiger partial charge in [0.15, 0.2) is 0 Å². The first kappa shape index (κ1) is 14.5. The number of hydrogen-bond acceptors (Lipinski definition) is 2. The van der Waals surface area contributed by atoms with E-state index in [0.717, 1.165) is 25.0 Å². The molecule has 1 aliphatic carbocycles. The van der Waals surface area contributed by atoms with Gasteiger partial charge in [-0.25, -0.2) is 4.39 Å². The van der Waals surface area contributed by atoms with Gasteiger partial charge in [0.2, 0.25) is 0 Å². The molecule has 1 aromatic carbocycles. The summed E-state index contributed by atoms with van der Waals surface area (Å²) in [5.74, 6) is -0.143. The van der Waals surface area contributed by atoms with E-state index < -0.39 is 0 Å². The SMILES string of the molecule is CCOC1(C(NC)c2ccc(F)c(C)c2)CCCC1. The molecule has 1 aromatic rings. The van der Waals surface area contributed by atoms with Crippen LogP contribution in [0.3, 0.4) is 0 Å². The molecule has 1 atom stereocenters. The van der Waals surface area contributed by atoms with Crippen molar-refractivity contribution < 1.29 is 9.13 Å². The maximum Gasteiger partial charge on any atom is 0.126 e. The molecule has 0 amide bonds. The van der Waals surface area contributed by atoms with Crippen molar-refractivity contribution >= 4 is 0 Å². The van der Waals surface area contributed by atoms with Gasteiger partial charge in [0.1, 0.15) is 5.82 Å². The Labute approximate surface area is 115 Å². The fourth-order valence-corrected chi connectivity index (χ4v) is 3.36. The summed E-state index contributed by atoms with van der Waals surface area (Å²) in [6.45, 7) is 4.58. The normalized spacial score (nSPS) is 19.6. The van der Waals surface area contributed by atoms with E-state index in [2.05, 4.69) is 5.32 Å². The largest absolute Gasteiger partial charge is 0.373 e. The third-order valence-corrected chi connectivity index (χ3v) is 4.21. The molecule has 3 heteroatoms. The van der Waals surface area contributed by atoms with E-state index >= 15 is 0 Å². The van der Waals surface area contributed by atoms with E-state index in [0.29, 0.717) is 5.56 Å². The van der Waals surface area contributed by atoms with Gasteiger partial charge in [-0.1, -0.05) is 25.0 Å². The zero-order valence-electron chi connectivity index (χ0n) is 12.1. The predicted octanol–water partition coefficient (Wildman–Crippen LogP) is 3.74. The van der Waals surface area contributed by atoms with Crippen LogP contribution in [0.25, 0.3) is 0 Å². The summed E-state index contributed by atoms with van der Waals surface area (Å²) in [4.78, 5) is 0. The highest BCUT2D eigenvalue weighted by molar-refractivity contribution is 5.29. The third kappa shape index (κ3) is 2.82. The van der Waals surface area contributed by atoms with E-state index in [4.69, 9.17) is 4.74 Å². The van der Waals surface area contributed by atoms with Crippen LogP contribution in [0.2, 0.25) is 0 Å². The monoisotopic (exact) mass is 265 g/mol. The Balaban J connectivity index is 2.33. The highest BCUT2D eigenvalue weighted by Gasteiger charge is 2.42. The molecule has 0 saturated heterocycles. The zero-order valence-corrected chi connectivity index (χ0v) is 12.1. The molecule has 0 aliphatic heterocycles. The minimum atomic E-state index is -0.143. The lowest BCUT2D eigenvalue weighted by Crippen LogP contribution is -2.43. The average Bonchev–Trinajstić information content (AvgIpc) is 2.84. The highest BCUT2D eigenvalue weighted by Crippen LogP contribution is 2.43. The van der Waals surface area contributed by atoms with E-state index in [1.165, 1.54) is 12.8 Å². The zero-order chi connectivity index (χ0) is 13.9. The van der Waals surface area contributed by atoms with Crippen molar-refractivity contribution in [3.8, 4) is 0 Å². The number of likely N-dealkylation sites (N-methyl/N-ethyl adjacent to an activating group) is 1. The van der Waals surface area contributed by atoms with Crippen molar-refractivity contribution in [3.63, 3.8) is 0 Å². The number of benzene rings is 1. The van der Waals surface area contributed by atoms with E-state index in [1.54, 1.807) is 6.07 Å². The molecule has 0 spiro atoms. The van der Waals surface area contributed by atoms with Gasteiger partial charge in [0, 0.05) is 6.61 Å². The summed E-state index contributed by atoms with van der Waals surface area (Å²) >= 11 is 0.